The average molecular weight is 222 g/mol. The van der Waals surface area contributed by atoms with E-state index in [0.29, 0.717) is 0 Å². The zero-order valence-corrected chi connectivity index (χ0v) is 8.48. The molecule has 0 fully saturated rings. The third-order valence-corrected chi connectivity index (χ3v) is 3.51. The molecular formula is C9H8N3O2S. The maximum Gasteiger partial charge on any atom is 0.225 e. The van der Waals surface area contributed by atoms with Crippen molar-refractivity contribution in [2.24, 2.45) is 5.10 Å². The maximum absolute atomic E-state index is 11.9. The van der Waals surface area contributed by atoms with Gasteiger partial charge in [0.25, 0.3) is 0 Å². The van der Waals surface area contributed by atoms with Gasteiger partial charge in [-0.1, -0.05) is 18.2 Å². The highest BCUT2D eigenvalue weighted by molar-refractivity contribution is 8.06. The van der Waals surface area contributed by atoms with Gasteiger partial charge in [-0.05, 0) is 18.2 Å². The predicted octanol–water partition coefficient (Wildman–Crippen LogP) is 0.410. The van der Waals surface area contributed by atoms with Gasteiger partial charge in [-0.15, -0.1) is 5.10 Å². The molecule has 5 nitrogen and oxygen atoms in total. The Morgan fingerprint density at radius 1 is 1.13 bits per heavy atom. The van der Waals surface area contributed by atoms with Crippen LogP contribution in [0, 0.1) is 0 Å². The van der Waals surface area contributed by atoms with Crippen LogP contribution in [0.3, 0.4) is 0 Å². The fourth-order valence-electron chi connectivity index (χ4n) is 1.12. The molecule has 1 radical (unpaired) electrons. The first-order valence-corrected chi connectivity index (χ1v) is 5.69. The molecule has 6 heteroatoms. The summed E-state index contributed by atoms with van der Waals surface area (Å²) in [7, 11) is -3.52. The van der Waals surface area contributed by atoms with Gasteiger partial charge in [0.1, 0.15) is 0 Å². The van der Waals surface area contributed by atoms with E-state index in [-0.39, 0.29) is 9.94 Å². The second-order valence-electron chi connectivity index (χ2n) is 2.81. The van der Waals surface area contributed by atoms with E-state index in [1.165, 1.54) is 24.4 Å². The van der Waals surface area contributed by atoms with Crippen molar-refractivity contribution < 1.29 is 8.42 Å². The fraction of sp³-hybridized carbons (Fsp3) is 0. The summed E-state index contributed by atoms with van der Waals surface area (Å²) < 4.78 is 23.8. The molecule has 0 aliphatic carbocycles. The number of rotatable bonds is 1. The standard InChI is InChI=1S/C9H8N3O2S/c13-15(14,8-4-2-1-3-5-8)9-6-7-10-12-11-9/h1-7,12H. The van der Waals surface area contributed by atoms with E-state index in [9.17, 15) is 8.42 Å². The molecule has 1 N–H and O–H groups in total. The smallest absolute Gasteiger partial charge is 0.217 e. The molecule has 2 rings (SSSR count). The lowest BCUT2D eigenvalue weighted by Crippen LogP contribution is -2.24. The van der Waals surface area contributed by atoms with E-state index in [0.717, 1.165) is 0 Å². The van der Waals surface area contributed by atoms with Gasteiger partial charge in [0.2, 0.25) is 9.84 Å². The summed E-state index contributed by atoms with van der Waals surface area (Å²) in [6, 6.07) is 8.13. The summed E-state index contributed by atoms with van der Waals surface area (Å²) in [5.74, 6) is 0. The Labute approximate surface area is 87.4 Å². The van der Waals surface area contributed by atoms with Crippen molar-refractivity contribution in [1.29, 1.82) is 0 Å². The maximum atomic E-state index is 11.9. The molecule has 77 valence electrons. The summed E-state index contributed by atoms with van der Waals surface area (Å²) in [5.41, 5.74) is 5.81. The molecule has 0 saturated heterocycles. The number of nitrogens with zero attached hydrogens (tertiary/aromatic N) is 2. The number of hydrogen-bond donors (Lipinski definition) is 1. The van der Waals surface area contributed by atoms with Crippen molar-refractivity contribution in [3.63, 3.8) is 0 Å². The Bertz CT molecular complexity index is 505. The van der Waals surface area contributed by atoms with Crippen LogP contribution in [0.2, 0.25) is 0 Å². The van der Waals surface area contributed by atoms with Gasteiger partial charge in [0.15, 0.2) is 5.04 Å². The van der Waals surface area contributed by atoms with E-state index in [2.05, 4.69) is 16.1 Å². The van der Waals surface area contributed by atoms with E-state index in [4.69, 9.17) is 0 Å². The van der Waals surface area contributed by atoms with Crippen LogP contribution >= 0.6 is 0 Å². The van der Waals surface area contributed by atoms with Crippen molar-refractivity contribution in [2.75, 3.05) is 0 Å². The summed E-state index contributed by atoms with van der Waals surface area (Å²) in [4.78, 5) is 0.220. The fourth-order valence-corrected chi connectivity index (χ4v) is 2.28. The van der Waals surface area contributed by atoms with Gasteiger partial charge < -0.3 is 0 Å². The topological polar surface area (TPSA) is 72.6 Å². The highest BCUT2D eigenvalue weighted by atomic mass is 32.2. The molecule has 0 saturated carbocycles. The molecule has 0 unspecified atom stereocenters. The molecule has 0 bridgehead atoms. The lowest BCUT2D eigenvalue weighted by Gasteiger charge is -2.07. The molecular weight excluding hydrogens is 214 g/mol. The number of hydrogen-bond acceptors (Lipinski definition) is 4. The van der Waals surface area contributed by atoms with Gasteiger partial charge in [-0.3, -0.25) is 0 Å². The SMILES string of the molecule is O=S(=O)(C1=NN[N]C=C1)c1ccccc1. The molecule has 1 aromatic carbocycles. The zero-order chi connectivity index (χ0) is 10.7. The number of benzene rings is 1. The van der Waals surface area contributed by atoms with Crippen LogP contribution in [0.15, 0.2) is 52.6 Å². The third-order valence-electron chi connectivity index (χ3n) is 1.84. The molecule has 1 aromatic rings. The summed E-state index contributed by atoms with van der Waals surface area (Å²) in [5, 5.41) is 3.56. The first-order valence-electron chi connectivity index (χ1n) is 4.20. The second-order valence-corrected chi connectivity index (χ2v) is 4.71. The minimum absolute atomic E-state index is 0.0382. The Balaban J connectivity index is 2.44. The van der Waals surface area contributed by atoms with Gasteiger partial charge in [0, 0.05) is 0 Å². The molecule has 0 amide bonds. The van der Waals surface area contributed by atoms with Crippen LogP contribution in [0.25, 0.3) is 0 Å². The van der Waals surface area contributed by atoms with E-state index >= 15 is 0 Å². The van der Waals surface area contributed by atoms with Crippen molar-refractivity contribution in [3.8, 4) is 0 Å². The van der Waals surface area contributed by atoms with Gasteiger partial charge >= 0.3 is 0 Å². The molecule has 1 aliphatic rings. The lowest BCUT2D eigenvalue weighted by molar-refractivity contribution is 0.603. The Morgan fingerprint density at radius 3 is 2.47 bits per heavy atom. The normalized spacial score (nSPS) is 15.1. The van der Waals surface area contributed by atoms with Gasteiger partial charge in [-0.2, -0.15) is 11.0 Å². The van der Waals surface area contributed by atoms with E-state index < -0.39 is 9.84 Å². The summed E-state index contributed by atoms with van der Waals surface area (Å²) >= 11 is 0. The predicted molar refractivity (Wildman–Crippen MR) is 55.5 cm³/mol. The highest BCUT2D eigenvalue weighted by Gasteiger charge is 2.21. The molecule has 1 aliphatic heterocycles. The quantitative estimate of drug-likeness (QED) is 0.748. The molecule has 0 atom stereocenters. The minimum atomic E-state index is -3.52. The van der Waals surface area contributed by atoms with E-state index in [1.54, 1.807) is 18.2 Å². The Hall–Kier alpha value is -1.82. The van der Waals surface area contributed by atoms with Crippen molar-refractivity contribution in [2.45, 2.75) is 4.90 Å². The summed E-state index contributed by atoms with van der Waals surface area (Å²) in [6.07, 6.45) is 2.70. The Morgan fingerprint density at radius 2 is 1.87 bits per heavy atom. The largest absolute Gasteiger partial charge is 0.225 e. The van der Waals surface area contributed by atoms with Crippen LogP contribution in [-0.4, -0.2) is 13.5 Å². The highest BCUT2D eigenvalue weighted by Crippen LogP contribution is 2.12. The third kappa shape index (κ3) is 1.84. The molecule has 0 spiro atoms. The summed E-state index contributed by atoms with van der Waals surface area (Å²) in [6.45, 7) is 0. The second kappa shape index (κ2) is 3.74. The van der Waals surface area contributed by atoms with Gasteiger partial charge in [-0.25, -0.2) is 8.42 Å². The number of nitrogens with one attached hydrogen (secondary N) is 1. The van der Waals surface area contributed by atoms with Crippen molar-refractivity contribution in [1.82, 2.24) is 11.0 Å². The first kappa shape index (κ1) is 9.72. The monoisotopic (exact) mass is 222 g/mol. The number of hydrazone groups is 1. The first-order chi connectivity index (χ1) is 7.21. The zero-order valence-electron chi connectivity index (χ0n) is 7.66. The Kier molecular flexibility index (Phi) is 2.42. The molecule has 15 heavy (non-hydrogen) atoms. The van der Waals surface area contributed by atoms with Crippen molar-refractivity contribution in [3.05, 3.63) is 42.6 Å². The van der Waals surface area contributed by atoms with Crippen LogP contribution in [0.4, 0.5) is 0 Å². The van der Waals surface area contributed by atoms with Crippen LogP contribution in [0.1, 0.15) is 0 Å². The van der Waals surface area contributed by atoms with E-state index in [1.807, 2.05) is 0 Å². The molecule has 0 aromatic heterocycles. The van der Waals surface area contributed by atoms with Crippen LogP contribution < -0.4 is 11.0 Å². The lowest BCUT2D eigenvalue weighted by atomic mass is 10.4. The van der Waals surface area contributed by atoms with Crippen LogP contribution in [0.5, 0.6) is 0 Å². The average Bonchev–Trinajstić information content (AvgIpc) is 2.31. The van der Waals surface area contributed by atoms with Gasteiger partial charge in [0.05, 0.1) is 11.1 Å². The number of sulfone groups is 1. The van der Waals surface area contributed by atoms with Crippen LogP contribution in [-0.2, 0) is 9.84 Å². The van der Waals surface area contributed by atoms with Crippen molar-refractivity contribution >= 4 is 14.9 Å². The minimum Gasteiger partial charge on any atom is -0.217 e. The molecule has 1 heterocycles.